The summed E-state index contributed by atoms with van der Waals surface area (Å²) in [6.45, 7) is 5.90. The molecule has 0 spiro atoms. The Morgan fingerprint density at radius 1 is 0.757 bits per heavy atom. The molecule has 1 amide bonds. The Kier molecular flexibility index (Phi) is 12.0. The zero-order valence-corrected chi connectivity index (χ0v) is 22.4. The number of ketones is 1. The molecule has 0 heterocycles. The molecule has 1 N–H and O–H groups in total. The number of ether oxygens (including phenoxy) is 2. The van der Waals surface area contributed by atoms with Crippen LogP contribution >= 0.6 is 0 Å². The summed E-state index contributed by atoms with van der Waals surface area (Å²) in [5.41, 5.74) is 3.22. The maximum atomic E-state index is 12.0. The van der Waals surface area contributed by atoms with E-state index in [1.807, 2.05) is 31.2 Å². The average Bonchev–Trinajstić information content (AvgIpc) is 2.86. The number of hydrogen-bond donors (Lipinski definition) is 1. The first-order valence-electron chi connectivity index (χ1n) is 12.9. The van der Waals surface area contributed by atoms with Crippen molar-refractivity contribution in [2.75, 3.05) is 13.2 Å². The lowest BCUT2D eigenvalue weighted by Gasteiger charge is -2.33. The molecular formula is C30H39NO6. The molecule has 7 nitrogen and oxygen atoms in total. The number of hydrogen-bond acceptors (Lipinski definition) is 6. The third-order valence-corrected chi connectivity index (χ3v) is 6.14. The van der Waals surface area contributed by atoms with Crippen molar-refractivity contribution in [3.8, 4) is 11.1 Å². The second-order valence-electron chi connectivity index (χ2n) is 9.53. The highest BCUT2D eigenvalue weighted by atomic mass is 16.5. The van der Waals surface area contributed by atoms with Crippen molar-refractivity contribution in [2.45, 2.75) is 78.2 Å². The van der Waals surface area contributed by atoms with Crippen LogP contribution in [-0.2, 0) is 30.3 Å². The summed E-state index contributed by atoms with van der Waals surface area (Å²) in [7, 11) is 0. The molecule has 0 aliphatic heterocycles. The molecule has 2 rings (SSSR count). The molecule has 0 saturated heterocycles. The van der Waals surface area contributed by atoms with Crippen molar-refractivity contribution in [1.29, 1.82) is 0 Å². The highest BCUT2D eigenvalue weighted by Gasteiger charge is 2.33. The SMILES string of the molecule is CCCC(=O)c1ccc(-c2ccc(CCCCCC(COC(C)=O)(COC(C)=O)NC(C)=O)cc2)cc1. The maximum Gasteiger partial charge on any atom is 0.302 e. The Bertz CT molecular complexity index is 1020. The summed E-state index contributed by atoms with van der Waals surface area (Å²) in [5, 5.41) is 2.84. The first-order valence-corrected chi connectivity index (χ1v) is 12.9. The minimum absolute atomic E-state index is 0.0512. The molecule has 2 aromatic rings. The van der Waals surface area contributed by atoms with Crippen LogP contribution in [0, 0.1) is 0 Å². The van der Waals surface area contributed by atoms with Gasteiger partial charge in [-0.2, -0.15) is 0 Å². The van der Waals surface area contributed by atoms with Crippen LogP contribution in [0.1, 0.15) is 82.1 Å². The van der Waals surface area contributed by atoms with Gasteiger partial charge in [-0.15, -0.1) is 0 Å². The Morgan fingerprint density at radius 2 is 1.30 bits per heavy atom. The average molecular weight is 510 g/mol. The van der Waals surface area contributed by atoms with E-state index in [1.165, 1.54) is 26.3 Å². The monoisotopic (exact) mass is 509 g/mol. The zero-order chi connectivity index (χ0) is 27.3. The Labute approximate surface area is 219 Å². The van der Waals surface area contributed by atoms with Crippen LogP contribution in [0.25, 0.3) is 11.1 Å². The molecule has 0 atom stereocenters. The number of amides is 1. The van der Waals surface area contributed by atoms with Gasteiger partial charge in [0.1, 0.15) is 18.8 Å². The molecule has 0 bridgehead atoms. The largest absolute Gasteiger partial charge is 0.463 e. The minimum Gasteiger partial charge on any atom is -0.463 e. The number of carbonyl (C=O) groups is 4. The smallest absolute Gasteiger partial charge is 0.302 e. The zero-order valence-electron chi connectivity index (χ0n) is 22.4. The summed E-state index contributed by atoms with van der Waals surface area (Å²) in [4.78, 5) is 46.6. The van der Waals surface area contributed by atoms with Gasteiger partial charge in [0.15, 0.2) is 5.78 Å². The van der Waals surface area contributed by atoms with Crippen LogP contribution in [0.15, 0.2) is 48.5 Å². The van der Waals surface area contributed by atoms with Gasteiger partial charge in [-0.3, -0.25) is 19.2 Å². The first kappa shape index (κ1) is 29.7. The number of rotatable bonds is 15. The van der Waals surface area contributed by atoms with Crippen molar-refractivity contribution in [3.63, 3.8) is 0 Å². The second-order valence-corrected chi connectivity index (χ2v) is 9.53. The lowest BCUT2D eigenvalue weighted by Crippen LogP contribution is -2.55. The quantitative estimate of drug-likeness (QED) is 0.195. The summed E-state index contributed by atoms with van der Waals surface area (Å²) >= 11 is 0. The van der Waals surface area contributed by atoms with E-state index in [2.05, 4.69) is 29.6 Å². The second kappa shape index (κ2) is 14.9. The Balaban J connectivity index is 1.90. The van der Waals surface area contributed by atoms with Gasteiger partial charge >= 0.3 is 11.9 Å². The van der Waals surface area contributed by atoms with Crippen LogP contribution in [-0.4, -0.2) is 42.4 Å². The lowest BCUT2D eigenvalue weighted by atomic mass is 9.92. The number of aryl methyl sites for hydroxylation is 1. The van der Waals surface area contributed by atoms with Gasteiger partial charge in [0.2, 0.25) is 5.91 Å². The van der Waals surface area contributed by atoms with Gasteiger partial charge in [-0.1, -0.05) is 68.3 Å². The number of esters is 2. The molecule has 0 fully saturated rings. The maximum absolute atomic E-state index is 12.0. The standard InChI is InChI=1S/C30H39NO6/c1-5-9-29(35)28-17-15-27(16-18-28)26-13-11-25(12-14-26)10-7-6-8-19-30(31-22(2)32,20-36-23(3)33)21-37-24(4)34/h11-18H,5-10,19-21H2,1-4H3,(H,31,32). The number of carbonyl (C=O) groups excluding carboxylic acids is 4. The summed E-state index contributed by atoms with van der Waals surface area (Å²) in [6.07, 6.45) is 5.46. The Morgan fingerprint density at radius 3 is 1.78 bits per heavy atom. The van der Waals surface area contributed by atoms with Crippen molar-refractivity contribution in [1.82, 2.24) is 5.32 Å². The van der Waals surface area contributed by atoms with Gasteiger partial charge in [-0.05, 0) is 42.4 Å². The van der Waals surface area contributed by atoms with Crippen LogP contribution < -0.4 is 5.32 Å². The molecule has 7 heteroatoms. The molecule has 37 heavy (non-hydrogen) atoms. The molecule has 200 valence electrons. The van der Waals surface area contributed by atoms with Crippen molar-refractivity contribution in [2.24, 2.45) is 0 Å². The highest BCUT2D eigenvalue weighted by molar-refractivity contribution is 5.96. The molecule has 0 aromatic heterocycles. The molecule has 0 aliphatic rings. The molecule has 0 aliphatic carbocycles. The van der Waals surface area contributed by atoms with E-state index in [4.69, 9.17) is 9.47 Å². The van der Waals surface area contributed by atoms with Gasteiger partial charge in [0.25, 0.3) is 0 Å². The first-order chi connectivity index (χ1) is 17.6. The van der Waals surface area contributed by atoms with E-state index >= 15 is 0 Å². The number of Topliss-reactive ketones (excluding diaryl/α,β-unsaturated/α-hetero) is 1. The lowest BCUT2D eigenvalue weighted by molar-refractivity contribution is -0.150. The van der Waals surface area contributed by atoms with E-state index in [0.29, 0.717) is 12.8 Å². The van der Waals surface area contributed by atoms with Crippen molar-refractivity contribution in [3.05, 3.63) is 59.7 Å². The molecule has 0 radical (unpaired) electrons. The predicted molar refractivity (Wildman–Crippen MR) is 143 cm³/mol. The fourth-order valence-electron chi connectivity index (χ4n) is 4.23. The van der Waals surface area contributed by atoms with Crippen LogP contribution in [0.3, 0.4) is 0 Å². The van der Waals surface area contributed by atoms with Crippen molar-refractivity contribution >= 4 is 23.6 Å². The van der Waals surface area contributed by atoms with Crippen LogP contribution in [0.5, 0.6) is 0 Å². The van der Waals surface area contributed by atoms with Gasteiger partial charge in [-0.25, -0.2) is 0 Å². The fourth-order valence-corrected chi connectivity index (χ4v) is 4.23. The summed E-state index contributed by atoms with van der Waals surface area (Å²) in [6, 6.07) is 16.2. The molecule has 0 saturated carbocycles. The molecular weight excluding hydrogens is 470 g/mol. The van der Waals surface area contributed by atoms with E-state index in [1.54, 1.807) is 0 Å². The normalized spacial score (nSPS) is 11.0. The van der Waals surface area contributed by atoms with Crippen LogP contribution in [0.2, 0.25) is 0 Å². The third kappa shape index (κ3) is 10.6. The number of nitrogens with one attached hydrogen (secondary N) is 1. The fraction of sp³-hybridized carbons (Fsp3) is 0.467. The predicted octanol–water partition coefficient (Wildman–Crippen LogP) is 5.44. The highest BCUT2D eigenvalue weighted by Crippen LogP contribution is 2.23. The van der Waals surface area contributed by atoms with E-state index in [0.717, 1.165) is 48.8 Å². The van der Waals surface area contributed by atoms with Crippen molar-refractivity contribution < 1.29 is 28.7 Å². The van der Waals surface area contributed by atoms with Gasteiger partial charge in [0, 0.05) is 32.8 Å². The van der Waals surface area contributed by atoms with E-state index in [-0.39, 0.29) is 24.9 Å². The summed E-state index contributed by atoms with van der Waals surface area (Å²) < 4.78 is 10.4. The Hall–Kier alpha value is -3.48. The number of benzene rings is 2. The van der Waals surface area contributed by atoms with E-state index < -0.39 is 17.5 Å². The van der Waals surface area contributed by atoms with Gasteiger partial charge < -0.3 is 14.8 Å². The topological polar surface area (TPSA) is 98.8 Å². The third-order valence-electron chi connectivity index (χ3n) is 6.14. The summed E-state index contributed by atoms with van der Waals surface area (Å²) in [5.74, 6) is -1.01. The molecule has 0 unspecified atom stereocenters. The van der Waals surface area contributed by atoms with E-state index in [9.17, 15) is 19.2 Å². The van der Waals surface area contributed by atoms with Gasteiger partial charge in [0.05, 0.1) is 0 Å². The number of unbranched alkanes of at least 4 members (excludes halogenated alkanes) is 2. The van der Waals surface area contributed by atoms with Crippen LogP contribution in [0.4, 0.5) is 0 Å². The minimum atomic E-state index is -0.943. The molecule has 2 aromatic carbocycles.